The van der Waals surface area contributed by atoms with Gasteiger partial charge in [-0.05, 0) is 48.3 Å². The van der Waals surface area contributed by atoms with Crippen LogP contribution in [0.25, 0.3) is 0 Å². The van der Waals surface area contributed by atoms with Crippen molar-refractivity contribution in [2.45, 2.75) is 37.3 Å². The summed E-state index contributed by atoms with van der Waals surface area (Å²) in [5.74, 6) is 0.484. The summed E-state index contributed by atoms with van der Waals surface area (Å²) in [7, 11) is 1.72. The summed E-state index contributed by atoms with van der Waals surface area (Å²) in [4.78, 5) is 4.37. The van der Waals surface area contributed by atoms with E-state index < -0.39 is 9.52 Å². The van der Waals surface area contributed by atoms with Gasteiger partial charge in [0.15, 0.2) is 0 Å². The molecule has 2 nitrogen and oxygen atoms in total. The second kappa shape index (κ2) is 14.3. The minimum atomic E-state index is -0.517. The van der Waals surface area contributed by atoms with E-state index in [-0.39, 0.29) is 5.16 Å². The van der Waals surface area contributed by atoms with Crippen molar-refractivity contribution < 1.29 is 0 Å². The molecule has 5 rings (SSSR count). The molecule has 196 valence electrons. The van der Waals surface area contributed by atoms with Gasteiger partial charge in [0.05, 0.1) is 21.0 Å². The van der Waals surface area contributed by atoms with Gasteiger partial charge in [0.1, 0.15) is 7.85 Å². The molecule has 0 saturated carbocycles. The van der Waals surface area contributed by atoms with Crippen molar-refractivity contribution >= 4 is 17.4 Å². The largest absolute Gasteiger partial charge is 0.327 e. The minimum absolute atomic E-state index is 0.0902. The highest BCUT2D eigenvalue weighted by Gasteiger charge is 2.35. The molecule has 0 fully saturated rings. The van der Waals surface area contributed by atoms with E-state index in [1.165, 1.54) is 40.3 Å². The summed E-state index contributed by atoms with van der Waals surface area (Å²) in [6.45, 7) is 4.37. The summed E-state index contributed by atoms with van der Waals surface area (Å²) in [6.07, 6.45) is 9.41. The van der Waals surface area contributed by atoms with Crippen molar-refractivity contribution in [2.24, 2.45) is 0 Å². The lowest BCUT2D eigenvalue weighted by Crippen LogP contribution is -2.41. The van der Waals surface area contributed by atoms with Crippen molar-refractivity contribution in [3.63, 3.8) is 0 Å². The lowest BCUT2D eigenvalue weighted by Gasteiger charge is -2.37. The molecule has 0 amide bonds. The highest BCUT2D eigenvalue weighted by Crippen LogP contribution is 2.34. The second-order valence-corrected chi connectivity index (χ2v) is 12.3. The van der Waals surface area contributed by atoms with Gasteiger partial charge in [0.25, 0.3) is 0 Å². The van der Waals surface area contributed by atoms with E-state index >= 15 is 0 Å². The third-order valence-corrected chi connectivity index (χ3v) is 10.3. The van der Waals surface area contributed by atoms with Gasteiger partial charge >= 0.3 is 0 Å². The molecule has 0 N–H and O–H groups in total. The average Bonchev–Trinajstić information content (AvgIpc) is 3.56. The Morgan fingerprint density at radius 1 is 0.795 bits per heavy atom. The van der Waals surface area contributed by atoms with E-state index in [0.29, 0.717) is 5.82 Å². The topological polar surface area (TPSA) is 17.8 Å². The molecule has 0 bridgehead atoms. The Morgan fingerprint density at radius 2 is 1.26 bits per heavy atom. The zero-order valence-corrected chi connectivity index (χ0v) is 24.9. The number of nitrogens with zero attached hydrogens (tertiary/aromatic N) is 2. The van der Waals surface area contributed by atoms with Crippen LogP contribution in [0.2, 0.25) is 6.04 Å². The van der Waals surface area contributed by atoms with Crippen LogP contribution >= 0.6 is 0 Å². The normalized spacial score (nSPS) is 11.9. The molecule has 1 aromatic heterocycles. The molecule has 0 aliphatic rings. The molecular weight excluding hydrogens is 487 g/mol. The van der Waals surface area contributed by atoms with Crippen LogP contribution in [-0.4, -0.2) is 26.9 Å². The average molecular weight is 527 g/mol. The maximum Gasteiger partial charge on any atom is 0.116 e. The van der Waals surface area contributed by atoms with Crippen molar-refractivity contribution in [1.82, 2.24) is 9.55 Å². The molecule has 4 aromatic carbocycles. The van der Waals surface area contributed by atoms with Crippen LogP contribution in [0, 0.1) is 0 Å². The number of benzene rings is 4. The van der Waals surface area contributed by atoms with Gasteiger partial charge in [-0.1, -0.05) is 139 Å². The number of hydrogen-bond donors (Lipinski definition) is 0. The van der Waals surface area contributed by atoms with Crippen molar-refractivity contribution in [3.8, 4) is 0 Å². The molecule has 0 unspecified atom stereocenters. The first-order chi connectivity index (χ1) is 19.1. The van der Waals surface area contributed by atoms with Gasteiger partial charge in [-0.3, -0.25) is 0 Å². The van der Waals surface area contributed by atoms with Crippen LogP contribution in [0.3, 0.4) is 0 Å². The number of aromatic nitrogens is 2. The molecular formula is C35H39BN2Si. The lowest BCUT2D eigenvalue weighted by atomic mass is 9.76. The molecule has 0 spiro atoms. The van der Waals surface area contributed by atoms with Gasteiger partial charge < -0.3 is 4.57 Å². The molecule has 0 saturated heterocycles. The maximum atomic E-state index is 4.37. The van der Waals surface area contributed by atoms with Crippen LogP contribution in [0.5, 0.6) is 0 Å². The zero-order valence-electron chi connectivity index (χ0n) is 23.4. The van der Waals surface area contributed by atoms with Crippen LogP contribution in [0.1, 0.15) is 48.3 Å². The summed E-state index contributed by atoms with van der Waals surface area (Å²) in [5.41, 5.74) is 6.96. The number of hydrogen-bond acceptors (Lipinski definition) is 1. The van der Waals surface area contributed by atoms with E-state index in [0.717, 1.165) is 0 Å². The monoisotopic (exact) mass is 526 g/mol. The lowest BCUT2D eigenvalue weighted by molar-refractivity contribution is 0.590. The molecule has 0 aliphatic carbocycles. The summed E-state index contributed by atoms with van der Waals surface area (Å²) in [5, 5.41) is -0.0902. The Bertz CT molecular complexity index is 1310. The van der Waals surface area contributed by atoms with Crippen LogP contribution in [0.15, 0.2) is 152 Å². The smallest absolute Gasteiger partial charge is 0.116 e. The van der Waals surface area contributed by atoms with Crippen molar-refractivity contribution in [3.05, 3.63) is 174 Å². The second-order valence-electron chi connectivity index (χ2n) is 10.1. The maximum absolute atomic E-state index is 4.37. The SMILES string of the molecule is BC(c1ccccc1)c1ccccc1.CC=C(C)CC[SiH2]C(c1ccccc1)(c1ccccc1)n1ccnc1. The Balaban J connectivity index is 0.000000212. The van der Waals surface area contributed by atoms with E-state index in [4.69, 9.17) is 0 Å². The predicted octanol–water partition coefficient (Wildman–Crippen LogP) is 6.99. The first-order valence-electron chi connectivity index (χ1n) is 14.0. The van der Waals surface area contributed by atoms with Gasteiger partial charge in [-0.2, -0.15) is 0 Å². The van der Waals surface area contributed by atoms with E-state index in [1.807, 2.05) is 12.5 Å². The first-order valence-corrected chi connectivity index (χ1v) is 15.7. The van der Waals surface area contributed by atoms with Crippen molar-refractivity contribution in [2.75, 3.05) is 0 Å². The summed E-state index contributed by atoms with van der Waals surface area (Å²) < 4.78 is 2.33. The fraction of sp³-hybridized carbons (Fsp3) is 0.171. The Kier molecular flexibility index (Phi) is 10.3. The Morgan fingerprint density at radius 3 is 1.67 bits per heavy atom. The van der Waals surface area contributed by atoms with Gasteiger partial charge in [0, 0.05) is 12.4 Å². The highest BCUT2D eigenvalue weighted by atomic mass is 28.2. The quantitative estimate of drug-likeness (QED) is 0.150. The van der Waals surface area contributed by atoms with Gasteiger partial charge in [0.2, 0.25) is 0 Å². The third kappa shape index (κ3) is 7.16. The third-order valence-electron chi connectivity index (χ3n) is 7.65. The summed E-state index contributed by atoms with van der Waals surface area (Å²) in [6, 6.07) is 44.3. The van der Waals surface area contributed by atoms with Crippen LogP contribution < -0.4 is 0 Å². The molecule has 0 atom stereocenters. The van der Waals surface area contributed by atoms with E-state index in [9.17, 15) is 0 Å². The van der Waals surface area contributed by atoms with E-state index in [1.54, 1.807) is 0 Å². The molecule has 0 aliphatic heterocycles. The van der Waals surface area contributed by atoms with E-state index in [2.05, 4.69) is 165 Å². The number of allylic oxidation sites excluding steroid dienone is 2. The molecule has 4 heteroatoms. The molecule has 39 heavy (non-hydrogen) atoms. The molecule has 1 heterocycles. The summed E-state index contributed by atoms with van der Waals surface area (Å²) >= 11 is 0. The van der Waals surface area contributed by atoms with Crippen molar-refractivity contribution in [1.29, 1.82) is 0 Å². The molecule has 5 aromatic rings. The standard InChI is InChI=1S/C22H26N2Si.C13H13B/c1-3-19(2)14-17-25-22(24-16-15-23-18-24,20-10-6-4-7-11-20)21-12-8-5-9-13-21;14-13(11-7-3-1-4-8-11)12-9-5-2-6-10-12/h3-13,15-16,18H,14,17,25H2,1-2H3;1-10,13H,14H2. The minimum Gasteiger partial charge on any atom is -0.327 e. The number of imidazole rings is 1. The molecule has 0 radical (unpaired) electrons. The van der Waals surface area contributed by atoms with Crippen LogP contribution in [0.4, 0.5) is 0 Å². The fourth-order valence-corrected chi connectivity index (χ4v) is 7.98. The van der Waals surface area contributed by atoms with Gasteiger partial charge in [-0.15, -0.1) is 0 Å². The Hall–Kier alpha value is -3.89. The zero-order chi connectivity index (χ0) is 27.3. The first kappa shape index (κ1) is 28.1. The van der Waals surface area contributed by atoms with Gasteiger partial charge in [-0.25, -0.2) is 4.98 Å². The fourth-order valence-electron chi connectivity index (χ4n) is 5.24. The highest BCUT2D eigenvalue weighted by molar-refractivity contribution is 6.41. The van der Waals surface area contributed by atoms with Crippen LogP contribution in [-0.2, 0) is 5.16 Å². The number of rotatable bonds is 9. The Labute approximate surface area is 237 Å². The predicted molar refractivity (Wildman–Crippen MR) is 172 cm³/mol.